The molecule has 0 aliphatic rings. The van der Waals surface area contributed by atoms with Crippen molar-refractivity contribution in [2.45, 2.75) is 32.2 Å². The quantitative estimate of drug-likeness (QED) is 0.350. The van der Waals surface area contributed by atoms with Crippen LogP contribution in [0, 0.1) is 0 Å². The van der Waals surface area contributed by atoms with Gasteiger partial charge in [-0.15, -0.1) is 0 Å². The zero-order valence-electron chi connectivity index (χ0n) is 17.4. The summed E-state index contributed by atoms with van der Waals surface area (Å²) in [5.41, 5.74) is 0.155. The van der Waals surface area contributed by atoms with Gasteiger partial charge in [0.15, 0.2) is 6.29 Å². The minimum Gasteiger partial charge on any atom is -0.463 e. The molecule has 2 rings (SSSR count). The second kappa shape index (κ2) is 11.3. The summed E-state index contributed by atoms with van der Waals surface area (Å²) in [6, 6.07) is 15.0. The maximum Gasteiger partial charge on any atom is 0.408 e. The van der Waals surface area contributed by atoms with Crippen molar-refractivity contribution in [3.63, 3.8) is 0 Å². The molecule has 0 saturated carbocycles. The van der Waals surface area contributed by atoms with Crippen molar-refractivity contribution >= 4 is 12.3 Å². The summed E-state index contributed by atoms with van der Waals surface area (Å²) in [4.78, 5) is 25.4. The molecular formula is C23H25F3N2O3. The van der Waals surface area contributed by atoms with Crippen LogP contribution >= 0.6 is 0 Å². The molecule has 0 saturated heterocycles. The van der Waals surface area contributed by atoms with Gasteiger partial charge in [-0.2, -0.15) is 13.2 Å². The minimum atomic E-state index is -4.83. The Labute approximate surface area is 179 Å². The largest absolute Gasteiger partial charge is 0.463 e. The van der Waals surface area contributed by atoms with Crippen molar-refractivity contribution < 1.29 is 27.5 Å². The Balaban J connectivity index is 2.46. The number of halogens is 3. The zero-order chi connectivity index (χ0) is 22.9. The Hall–Kier alpha value is -3.13. The number of likely N-dealkylation sites (N-methyl/N-ethyl adjacent to an activating group) is 1. The molecule has 0 spiro atoms. The van der Waals surface area contributed by atoms with E-state index in [-0.39, 0.29) is 26.0 Å². The van der Waals surface area contributed by atoms with E-state index in [4.69, 9.17) is 4.74 Å². The number of nitrogens with zero attached hydrogens (tertiary/aromatic N) is 1. The van der Waals surface area contributed by atoms with Gasteiger partial charge in [0.1, 0.15) is 6.04 Å². The van der Waals surface area contributed by atoms with E-state index in [0.717, 1.165) is 10.5 Å². The highest BCUT2D eigenvalue weighted by atomic mass is 19.4. The van der Waals surface area contributed by atoms with Crippen molar-refractivity contribution in [2.24, 2.45) is 0 Å². The molecule has 8 heteroatoms. The number of hydrogen-bond donors (Lipinski definition) is 1. The van der Waals surface area contributed by atoms with Crippen molar-refractivity contribution in [3.8, 4) is 0 Å². The number of carbonyl (C=O) groups excluding carboxylic acids is 2. The number of aldehydes is 1. The molecule has 0 fully saturated rings. The average molecular weight is 434 g/mol. The Morgan fingerprint density at radius 1 is 1.06 bits per heavy atom. The Bertz CT molecular complexity index is 884. The second-order valence-electron chi connectivity index (χ2n) is 6.85. The summed E-state index contributed by atoms with van der Waals surface area (Å²) in [5.74, 6) is -1.19. The Morgan fingerprint density at radius 3 is 2.10 bits per heavy atom. The van der Waals surface area contributed by atoms with Crippen molar-refractivity contribution in [2.75, 3.05) is 13.7 Å². The maximum atomic E-state index is 14.2. The van der Waals surface area contributed by atoms with Gasteiger partial charge in [0.25, 0.3) is 0 Å². The predicted molar refractivity (Wildman–Crippen MR) is 111 cm³/mol. The normalized spacial score (nSPS) is 13.4. The smallest absolute Gasteiger partial charge is 0.408 e. The van der Waals surface area contributed by atoms with Gasteiger partial charge in [-0.05, 0) is 25.1 Å². The molecule has 31 heavy (non-hydrogen) atoms. The second-order valence-corrected chi connectivity index (χ2v) is 6.85. The van der Waals surface area contributed by atoms with E-state index in [0.29, 0.717) is 5.56 Å². The number of rotatable bonds is 10. The highest BCUT2D eigenvalue weighted by Gasteiger charge is 2.48. The molecule has 0 radical (unpaired) electrons. The van der Waals surface area contributed by atoms with E-state index >= 15 is 0 Å². The molecule has 0 aromatic heterocycles. The van der Waals surface area contributed by atoms with E-state index in [1.54, 1.807) is 60.7 Å². The summed E-state index contributed by atoms with van der Waals surface area (Å²) in [5, 5.41) is 2.68. The average Bonchev–Trinajstić information content (AvgIpc) is 2.74. The molecule has 2 aromatic rings. The van der Waals surface area contributed by atoms with Gasteiger partial charge >= 0.3 is 12.1 Å². The Kier molecular flexibility index (Phi) is 8.81. The minimum absolute atomic E-state index is 0.0742. The topological polar surface area (TPSA) is 58.6 Å². The third-order valence-corrected chi connectivity index (χ3v) is 4.53. The van der Waals surface area contributed by atoms with Crippen molar-refractivity contribution in [1.29, 1.82) is 0 Å². The molecular weight excluding hydrogens is 409 g/mol. The van der Waals surface area contributed by atoms with Gasteiger partial charge in [0.05, 0.1) is 17.9 Å². The van der Waals surface area contributed by atoms with E-state index < -0.39 is 29.5 Å². The van der Waals surface area contributed by atoms with E-state index in [2.05, 4.69) is 5.32 Å². The van der Waals surface area contributed by atoms with Crippen LogP contribution in [-0.2, 0) is 27.4 Å². The number of benzene rings is 2. The van der Waals surface area contributed by atoms with Crippen LogP contribution in [0.5, 0.6) is 0 Å². The van der Waals surface area contributed by atoms with Crippen LogP contribution < -0.4 is 5.32 Å². The summed E-state index contributed by atoms with van der Waals surface area (Å²) < 4.78 is 47.4. The number of allylic oxidation sites excluding steroid dienone is 1. The third-order valence-electron chi connectivity index (χ3n) is 4.53. The lowest BCUT2D eigenvalue weighted by atomic mass is 10.0. The monoisotopic (exact) mass is 434 g/mol. The molecule has 2 aromatic carbocycles. The number of esters is 1. The van der Waals surface area contributed by atoms with Crippen LogP contribution in [-0.4, -0.2) is 43.0 Å². The lowest BCUT2D eigenvalue weighted by molar-refractivity contribution is -0.177. The zero-order valence-corrected chi connectivity index (χ0v) is 17.4. The summed E-state index contributed by atoms with van der Waals surface area (Å²) in [7, 11) is 1.25. The van der Waals surface area contributed by atoms with Gasteiger partial charge < -0.3 is 10.1 Å². The molecule has 0 aliphatic heterocycles. The number of alkyl halides is 3. The number of ether oxygens (including phenoxy) is 1. The summed E-state index contributed by atoms with van der Waals surface area (Å²) >= 11 is 0. The first-order valence-electron chi connectivity index (χ1n) is 9.73. The van der Waals surface area contributed by atoms with E-state index in [1.165, 1.54) is 14.0 Å². The van der Waals surface area contributed by atoms with Crippen LogP contribution in [0.25, 0.3) is 0 Å². The highest BCUT2D eigenvalue weighted by Crippen LogP contribution is 2.32. The first-order chi connectivity index (χ1) is 14.8. The van der Waals surface area contributed by atoms with Crippen molar-refractivity contribution in [1.82, 2.24) is 10.2 Å². The fourth-order valence-corrected chi connectivity index (χ4v) is 3.17. The first-order valence-corrected chi connectivity index (χ1v) is 9.73. The first kappa shape index (κ1) is 24.1. The van der Waals surface area contributed by atoms with E-state index in [1.807, 2.05) is 0 Å². The van der Waals surface area contributed by atoms with Gasteiger partial charge in [-0.3, -0.25) is 9.69 Å². The molecule has 0 amide bonds. The maximum absolute atomic E-state index is 14.2. The molecule has 5 nitrogen and oxygen atoms in total. The molecule has 166 valence electrons. The van der Waals surface area contributed by atoms with Crippen LogP contribution in [0.1, 0.15) is 18.1 Å². The molecule has 1 N–H and O–H groups in total. The fraction of sp³-hybridized carbons (Fsp3) is 0.304. The van der Waals surface area contributed by atoms with Gasteiger partial charge in [0.2, 0.25) is 0 Å². The van der Waals surface area contributed by atoms with Gasteiger partial charge in [-0.25, -0.2) is 4.79 Å². The van der Waals surface area contributed by atoms with Gasteiger partial charge in [0, 0.05) is 13.1 Å². The molecule has 0 bridgehead atoms. The molecule has 0 aliphatic carbocycles. The third kappa shape index (κ3) is 6.96. The van der Waals surface area contributed by atoms with Gasteiger partial charge in [-0.1, -0.05) is 60.7 Å². The summed E-state index contributed by atoms with van der Waals surface area (Å²) in [6.07, 6.45) is -4.60. The standard InChI is InChI=1S/C23H25F3N2O3/c1-3-31-22(30)20(19(16-29)27-14-17-10-6-4-7-11-17)21(23(24,25)26)28(2)15-18-12-8-5-9-13-18/h4-13,16,21,27H,3,14-15H2,1-2H3/b20-19-. The summed E-state index contributed by atoms with van der Waals surface area (Å²) in [6.45, 7) is 1.35. The fourth-order valence-electron chi connectivity index (χ4n) is 3.17. The lowest BCUT2D eigenvalue weighted by Gasteiger charge is -2.32. The lowest BCUT2D eigenvalue weighted by Crippen LogP contribution is -2.48. The number of hydrogen-bond acceptors (Lipinski definition) is 5. The van der Waals surface area contributed by atoms with Crippen molar-refractivity contribution in [3.05, 3.63) is 83.1 Å². The van der Waals surface area contributed by atoms with E-state index in [9.17, 15) is 22.8 Å². The Morgan fingerprint density at radius 2 is 1.61 bits per heavy atom. The van der Waals surface area contributed by atoms with Crippen LogP contribution in [0.2, 0.25) is 0 Å². The molecule has 1 unspecified atom stereocenters. The SMILES string of the molecule is CCOC(=O)/C(=C(/C=O)NCc1ccccc1)C(N(C)Cc1ccccc1)C(F)(F)F. The predicted octanol–water partition coefficient (Wildman–Crippen LogP) is 3.86. The van der Waals surface area contributed by atoms with Crippen LogP contribution in [0.4, 0.5) is 13.2 Å². The molecule has 1 atom stereocenters. The highest BCUT2D eigenvalue weighted by molar-refractivity contribution is 5.96. The van der Waals surface area contributed by atoms with Crippen LogP contribution in [0.15, 0.2) is 71.9 Å². The number of nitrogens with one attached hydrogen (secondary N) is 1. The molecule has 0 heterocycles. The van der Waals surface area contributed by atoms with Crippen LogP contribution in [0.3, 0.4) is 0 Å². The number of carbonyl (C=O) groups is 2.